The van der Waals surface area contributed by atoms with Crippen molar-refractivity contribution in [3.63, 3.8) is 0 Å². The first-order chi connectivity index (χ1) is 6.13. The number of amides is 1. The molecule has 3 unspecified atom stereocenters. The van der Waals surface area contributed by atoms with E-state index in [2.05, 4.69) is 17.6 Å². The quantitative estimate of drug-likeness (QED) is 0.662. The topological polar surface area (TPSA) is 41.1 Å². The van der Waals surface area contributed by atoms with Gasteiger partial charge in [-0.15, -0.1) is 0 Å². The molecular formula is C10H20N2O. The average molecular weight is 184 g/mol. The zero-order valence-corrected chi connectivity index (χ0v) is 8.76. The van der Waals surface area contributed by atoms with E-state index in [0.29, 0.717) is 6.42 Å². The molecule has 0 bridgehead atoms. The van der Waals surface area contributed by atoms with Crippen LogP contribution in [0.1, 0.15) is 26.7 Å². The fourth-order valence-electron chi connectivity index (χ4n) is 1.38. The molecule has 1 amide bonds. The van der Waals surface area contributed by atoms with Gasteiger partial charge < -0.3 is 10.6 Å². The third-order valence-electron chi connectivity index (χ3n) is 2.82. The van der Waals surface area contributed by atoms with Crippen molar-refractivity contribution in [3.05, 3.63) is 0 Å². The number of hydrogen-bond acceptors (Lipinski definition) is 2. The zero-order valence-electron chi connectivity index (χ0n) is 8.76. The first-order valence-electron chi connectivity index (χ1n) is 5.07. The highest BCUT2D eigenvalue weighted by atomic mass is 16.1. The molecule has 1 aliphatic rings. The minimum atomic E-state index is 0.168. The van der Waals surface area contributed by atoms with Crippen molar-refractivity contribution in [2.24, 2.45) is 11.8 Å². The van der Waals surface area contributed by atoms with Crippen LogP contribution in [0.3, 0.4) is 0 Å². The van der Waals surface area contributed by atoms with Crippen LogP contribution in [0.5, 0.6) is 0 Å². The zero-order chi connectivity index (χ0) is 9.84. The summed E-state index contributed by atoms with van der Waals surface area (Å²) in [5, 5.41) is 6.01. The minimum Gasteiger partial charge on any atom is -0.356 e. The maximum Gasteiger partial charge on any atom is 0.221 e. The lowest BCUT2D eigenvalue weighted by Gasteiger charge is -2.09. The molecule has 1 saturated carbocycles. The second-order valence-electron chi connectivity index (χ2n) is 4.17. The summed E-state index contributed by atoms with van der Waals surface area (Å²) >= 11 is 0. The Kier molecular flexibility index (Phi) is 3.72. The molecule has 1 aliphatic carbocycles. The van der Waals surface area contributed by atoms with Crippen LogP contribution in [0.25, 0.3) is 0 Å². The van der Waals surface area contributed by atoms with Crippen LogP contribution in [0, 0.1) is 11.8 Å². The van der Waals surface area contributed by atoms with E-state index in [4.69, 9.17) is 0 Å². The molecule has 76 valence electrons. The Labute approximate surface area is 80.3 Å². The van der Waals surface area contributed by atoms with Crippen molar-refractivity contribution in [1.29, 1.82) is 0 Å². The van der Waals surface area contributed by atoms with Gasteiger partial charge in [0.2, 0.25) is 5.91 Å². The maximum atomic E-state index is 11.3. The Morgan fingerprint density at radius 1 is 1.62 bits per heavy atom. The Morgan fingerprint density at radius 2 is 2.23 bits per heavy atom. The summed E-state index contributed by atoms with van der Waals surface area (Å²) in [5.74, 6) is 1.73. The second-order valence-corrected chi connectivity index (χ2v) is 4.17. The normalized spacial score (nSPS) is 28.2. The SMILES string of the molecule is CNC(C)CC(=O)NCC1CC1C. The molecule has 0 heterocycles. The predicted molar refractivity (Wildman–Crippen MR) is 53.4 cm³/mol. The fraction of sp³-hybridized carbons (Fsp3) is 0.900. The predicted octanol–water partition coefficient (Wildman–Crippen LogP) is 0.757. The number of carbonyl (C=O) groups is 1. The van der Waals surface area contributed by atoms with Gasteiger partial charge in [-0.05, 0) is 32.2 Å². The lowest BCUT2D eigenvalue weighted by Crippen LogP contribution is -2.32. The van der Waals surface area contributed by atoms with E-state index in [1.165, 1.54) is 6.42 Å². The summed E-state index contributed by atoms with van der Waals surface area (Å²) in [5.41, 5.74) is 0. The minimum absolute atomic E-state index is 0.168. The molecule has 0 aliphatic heterocycles. The van der Waals surface area contributed by atoms with Crippen molar-refractivity contribution in [2.45, 2.75) is 32.7 Å². The second kappa shape index (κ2) is 4.61. The lowest BCUT2D eigenvalue weighted by molar-refractivity contribution is -0.121. The third kappa shape index (κ3) is 3.77. The molecule has 1 fully saturated rings. The van der Waals surface area contributed by atoms with E-state index in [1.54, 1.807) is 0 Å². The summed E-state index contributed by atoms with van der Waals surface area (Å²) in [6.45, 7) is 5.11. The van der Waals surface area contributed by atoms with Crippen LogP contribution in [0.2, 0.25) is 0 Å². The first-order valence-corrected chi connectivity index (χ1v) is 5.07. The Morgan fingerprint density at radius 3 is 2.69 bits per heavy atom. The molecule has 0 radical (unpaired) electrons. The third-order valence-corrected chi connectivity index (χ3v) is 2.82. The number of nitrogens with one attached hydrogen (secondary N) is 2. The van der Waals surface area contributed by atoms with E-state index in [1.807, 2.05) is 14.0 Å². The highest BCUT2D eigenvalue weighted by Gasteiger charge is 2.32. The standard InChI is InChI=1S/C10H20N2O/c1-7-4-9(7)6-12-10(13)5-8(2)11-3/h7-9,11H,4-6H2,1-3H3,(H,12,13). The maximum absolute atomic E-state index is 11.3. The molecule has 13 heavy (non-hydrogen) atoms. The van der Waals surface area contributed by atoms with Gasteiger partial charge in [0, 0.05) is 19.0 Å². The van der Waals surface area contributed by atoms with E-state index < -0.39 is 0 Å². The number of rotatable bonds is 5. The molecule has 0 aromatic rings. The number of hydrogen-bond donors (Lipinski definition) is 2. The number of carbonyl (C=O) groups excluding carboxylic acids is 1. The molecule has 0 saturated heterocycles. The van der Waals surface area contributed by atoms with Gasteiger partial charge in [-0.1, -0.05) is 6.92 Å². The lowest BCUT2D eigenvalue weighted by atomic mass is 10.2. The van der Waals surface area contributed by atoms with Gasteiger partial charge in [0.05, 0.1) is 0 Å². The van der Waals surface area contributed by atoms with Gasteiger partial charge in [0.1, 0.15) is 0 Å². The Hall–Kier alpha value is -0.570. The van der Waals surface area contributed by atoms with Crippen molar-refractivity contribution in [3.8, 4) is 0 Å². The molecular weight excluding hydrogens is 164 g/mol. The van der Waals surface area contributed by atoms with E-state index >= 15 is 0 Å². The highest BCUT2D eigenvalue weighted by molar-refractivity contribution is 5.76. The molecule has 3 atom stereocenters. The van der Waals surface area contributed by atoms with E-state index in [0.717, 1.165) is 18.4 Å². The molecule has 3 nitrogen and oxygen atoms in total. The van der Waals surface area contributed by atoms with Crippen molar-refractivity contribution in [2.75, 3.05) is 13.6 Å². The molecule has 0 spiro atoms. The monoisotopic (exact) mass is 184 g/mol. The smallest absolute Gasteiger partial charge is 0.221 e. The van der Waals surface area contributed by atoms with E-state index in [9.17, 15) is 4.79 Å². The van der Waals surface area contributed by atoms with Gasteiger partial charge >= 0.3 is 0 Å². The van der Waals surface area contributed by atoms with Gasteiger partial charge in [-0.3, -0.25) is 4.79 Å². The summed E-state index contributed by atoms with van der Waals surface area (Å²) in [7, 11) is 1.88. The Balaban J connectivity index is 2.04. The van der Waals surface area contributed by atoms with Crippen LogP contribution < -0.4 is 10.6 Å². The van der Waals surface area contributed by atoms with Crippen LogP contribution in [-0.2, 0) is 4.79 Å². The summed E-state index contributed by atoms with van der Waals surface area (Å²) in [6.07, 6.45) is 1.86. The van der Waals surface area contributed by atoms with Gasteiger partial charge in [-0.25, -0.2) is 0 Å². The molecule has 2 N–H and O–H groups in total. The van der Waals surface area contributed by atoms with Gasteiger partial charge in [0.25, 0.3) is 0 Å². The Bertz CT molecular complexity index is 182. The molecule has 3 heteroatoms. The largest absolute Gasteiger partial charge is 0.356 e. The summed E-state index contributed by atoms with van der Waals surface area (Å²) < 4.78 is 0. The molecule has 0 aromatic heterocycles. The van der Waals surface area contributed by atoms with Gasteiger partial charge in [0.15, 0.2) is 0 Å². The van der Waals surface area contributed by atoms with E-state index in [-0.39, 0.29) is 11.9 Å². The highest BCUT2D eigenvalue weighted by Crippen LogP contribution is 2.36. The summed E-state index contributed by atoms with van der Waals surface area (Å²) in [6, 6.07) is 0.275. The van der Waals surface area contributed by atoms with Crippen LogP contribution in [0.4, 0.5) is 0 Å². The fourth-order valence-corrected chi connectivity index (χ4v) is 1.38. The molecule has 1 rings (SSSR count). The molecule has 0 aromatic carbocycles. The van der Waals surface area contributed by atoms with Crippen LogP contribution >= 0.6 is 0 Å². The van der Waals surface area contributed by atoms with Gasteiger partial charge in [-0.2, -0.15) is 0 Å². The van der Waals surface area contributed by atoms with Crippen LogP contribution in [0.15, 0.2) is 0 Å². The first kappa shape index (κ1) is 10.5. The van der Waals surface area contributed by atoms with Crippen molar-refractivity contribution < 1.29 is 4.79 Å². The average Bonchev–Trinajstić information content (AvgIpc) is 2.78. The van der Waals surface area contributed by atoms with Crippen LogP contribution in [-0.4, -0.2) is 25.5 Å². The van der Waals surface area contributed by atoms with Crippen molar-refractivity contribution in [1.82, 2.24) is 10.6 Å². The summed E-state index contributed by atoms with van der Waals surface area (Å²) in [4.78, 5) is 11.3. The van der Waals surface area contributed by atoms with Crippen molar-refractivity contribution >= 4 is 5.91 Å².